The SMILES string of the molecule is O=C(Nc1ccc(F)nc1)c1cc(F)c(F)c(O)c1F. The van der Waals surface area contributed by atoms with E-state index in [-0.39, 0.29) is 5.69 Å². The fourth-order valence-electron chi connectivity index (χ4n) is 1.40. The fraction of sp³-hybridized carbons (Fsp3) is 0. The molecule has 0 aliphatic carbocycles. The Morgan fingerprint density at radius 3 is 2.45 bits per heavy atom. The second kappa shape index (κ2) is 5.16. The Bertz CT molecular complexity index is 674. The molecule has 1 amide bonds. The summed E-state index contributed by atoms with van der Waals surface area (Å²) in [7, 11) is 0. The molecule has 0 aliphatic rings. The Kier molecular flexibility index (Phi) is 3.55. The lowest BCUT2D eigenvalue weighted by Gasteiger charge is -2.07. The average molecular weight is 286 g/mol. The summed E-state index contributed by atoms with van der Waals surface area (Å²) in [4.78, 5) is 14.9. The molecule has 0 atom stereocenters. The second-order valence-corrected chi connectivity index (χ2v) is 3.71. The first kappa shape index (κ1) is 13.8. The van der Waals surface area contributed by atoms with Crippen molar-refractivity contribution in [1.82, 2.24) is 4.98 Å². The molecular weight excluding hydrogens is 280 g/mol. The fourth-order valence-corrected chi connectivity index (χ4v) is 1.40. The standard InChI is InChI=1S/C12H6F4N2O2/c13-7-3-6(9(15)11(19)10(7)16)12(20)18-5-1-2-8(14)17-4-5/h1-4,19H,(H,18,20). The third kappa shape index (κ3) is 2.53. The summed E-state index contributed by atoms with van der Waals surface area (Å²) in [5.74, 6) is -8.50. The number of amides is 1. The van der Waals surface area contributed by atoms with Crippen LogP contribution in [-0.4, -0.2) is 16.0 Å². The first-order valence-corrected chi connectivity index (χ1v) is 5.19. The monoisotopic (exact) mass is 286 g/mol. The van der Waals surface area contributed by atoms with Gasteiger partial charge in [0.05, 0.1) is 17.4 Å². The average Bonchev–Trinajstić information content (AvgIpc) is 2.43. The van der Waals surface area contributed by atoms with Crippen molar-refractivity contribution >= 4 is 11.6 Å². The highest BCUT2D eigenvalue weighted by molar-refractivity contribution is 6.04. The van der Waals surface area contributed by atoms with E-state index in [0.29, 0.717) is 6.07 Å². The van der Waals surface area contributed by atoms with Gasteiger partial charge in [-0.05, 0) is 18.2 Å². The number of phenols is 1. The molecule has 1 aromatic carbocycles. The van der Waals surface area contributed by atoms with Gasteiger partial charge in [0.25, 0.3) is 5.91 Å². The van der Waals surface area contributed by atoms with E-state index in [2.05, 4.69) is 10.3 Å². The third-order valence-corrected chi connectivity index (χ3v) is 2.36. The van der Waals surface area contributed by atoms with Crippen LogP contribution in [0.25, 0.3) is 0 Å². The van der Waals surface area contributed by atoms with Crippen molar-refractivity contribution in [2.24, 2.45) is 0 Å². The molecule has 104 valence electrons. The van der Waals surface area contributed by atoms with Crippen LogP contribution in [0.15, 0.2) is 24.4 Å². The molecule has 8 heteroatoms. The number of carbonyl (C=O) groups is 1. The molecule has 0 saturated heterocycles. The predicted octanol–water partition coefficient (Wildman–Crippen LogP) is 2.60. The van der Waals surface area contributed by atoms with Gasteiger partial charge in [-0.25, -0.2) is 13.8 Å². The molecule has 1 aromatic heterocycles. The number of carbonyl (C=O) groups excluding carboxylic acids is 1. The van der Waals surface area contributed by atoms with Crippen LogP contribution in [0, 0.1) is 23.4 Å². The van der Waals surface area contributed by atoms with Crippen LogP contribution < -0.4 is 5.32 Å². The molecule has 2 N–H and O–H groups in total. The number of hydrogen-bond acceptors (Lipinski definition) is 3. The molecule has 0 radical (unpaired) electrons. The summed E-state index contributed by atoms with van der Waals surface area (Å²) in [5.41, 5.74) is -0.884. The Labute approximate surface area is 109 Å². The zero-order valence-electron chi connectivity index (χ0n) is 9.62. The van der Waals surface area contributed by atoms with Gasteiger partial charge in [-0.1, -0.05) is 0 Å². The van der Waals surface area contributed by atoms with Gasteiger partial charge >= 0.3 is 0 Å². The maximum Gasteiger partial charge on any atom is 0.258 e. The maximum absolute atomic E-state index is 13.5. The van der Waals surface area contributed by atoms with E-state index in [1.54, 1.807) is 0 Å². The quantitative estimate of drug-likeness (QED) is 0.507. The lowest BCUT2D eigenvalue weighted by Crippen LogP contribution is -2.15. The number of rotatable bonds is 2. The van der Waals surface area contributed by atoms with E-state index >= 15 is 0 Å². The van der Waals surface area contributed by atoms with Crippen LogP contribution in [0.1, 0.15) is 10.4 Å². The van der Waals surface area contributed by atoms with Gasteiger partial charge in [0, 0.05) is 0 Å². The maximum atomic E-state index is 13.5. The molecule has 2 rings (SSSR count). The molecule has 20 heavy (non-hydrogen) atoms. The Morgan fingerprint density at radius 1 is 1.15 bits per heavy atom. The van der Waals surface area contributed by atoms with E-state index in [1.807, 2.05) is 0 Å². The van der Waals surface area contributed by atoms with Crippen LogP contribution >= 0.6 is 0 Å². The van der Waals surface area contributed by atoms with Crippen molar-refractivity contribution in [3.8, 4) is 5.75 Å². The number of hydrogen-bond donors (Lipinski definition) is 2. The molecular formula is C12H6F4N2O2. The minimum absolute atomic E-state index is 0.0139. The molecule has 0 saturated carbocycles. The minimum atomic E-state index is -1.79. The number of nitrogens with one attached hydrogen (secondary N) is 1. The Morgan fingerprint density at radius 2 is 1.85 bits per heavy atom. The number of anilines is 1. The number of halogens is 4. The molecule has 0 unspecified atom stereocenters. The number of phenolic OH excluding ortho intramolecular Hbond substituents is 1. The van der Waals surface area contributed by atoms with Gasteiger partial charge in [-0.2, -0.15) is 8.78 Å². The van der Waals surface area contributed by atoms with E-state index in [9.17, 15) is 22.4 Å². The second-order valence-electron chi connectivity index (χ2n) is 3.71. The van der Waals surface area contributed by atoms with Gasteiger partial charge < -0.3 is 10.4 Å². The van der Waals surface area contributed by atoms with Gasteiger partial charge in [0.2, 0.25) is 11.8 Å². The molecule has 0 bridgehead atoms. The lowest BCUT2D eigenvalue weighted by atomic mass is 10.1. The molecule has 0 fully saturated rings. The Balaban J connectivity index is 2.32. The van der Waals surface area contributed by atoms with Crippen molar-refractivity contribution in [3.05, 3.63) is 53.4 Å². The predicted molar refractivity (Wildman–Crippen MR) is 60.1 cm³/mol. The highest BCUT2D eigenvalue weighted by atomic mass is 19.2. The summed E-state index contributed by atoms with van der Waals surface area (Å²) in [5, 5.41) is 11.1. The van der Waals surface area contributed by atoms with Crippen LogP contribution in [-0.2, 0) is 0 Å². The first-order valence-electron chi connectivity index (χ1n) is 5.19. The van der Waals surface area contributed by atoms with Crippen molar-refractivity contribution in [2.75, 3.05) is 5.32 Å². The van der Waals surface area contributed by atoms with Crippen LogP contribution in [0.5, 0.6) is 5.75 Å². The highest BCUT2D eigenvalue weighted by Crippen LogP contribution is 2.26. The van der Waals surface area contributed by atoms with Gasteiger partial charge in [-0.15, -0.1) is 0 Å². The summed E-state index contributed by atoms with van der Waals surface area (Å²) in [6.07, 6.45) is 0.949. The summed E-state index contributed by atoms with van der Waals surface area (Å²) in [6, 6.07) is 2.38. The van der Waals surface area contributed by atoms with Crippen molar-refractivity contribution in [2.45, 2.75) is 0 Å². The smallest absolute Gasteiger partial charge is 0.258 e. The van der Waals surface area contributed by atoms with Gasteiger partial charge in [0.15, 0.2) is 17.4 Å². The third-order valence-electron chi connectivity index (χ3n) is 2.36. The van der Waals surface area contributed by atoms with Crippen molar-refractivity contribution in [1.29, 1.82) is 0 Å². The van der Waals surface area contributed by atoms with Crippen LogP contribution in [0.2, 0.25) is 0 Å². The number of aromatic nitrogens is 1. The number of benzene rings is 1. The summed E-state index contributed by atoms with van der Waals surface area (Å²) >= 11 is 0. The van der Waals surface area contributed by atoms with Crippen molar-refractivity contribution in [3.63, 3.8) is 0 Å². The van der Waals surface area contributed by atoms with E-state index in [1.165, 1.54) is 0 Å². The largest absolute Gasteiger partial charge is 0.503 e. The Hall–Kier alpha value is -2.64. The van der Waals surface area contributed by atoms with Crippen molar-refractivity contribution < 1.29 is 27.5 Å². The zero-order valence-corrected chi connectivity index (χ0v) is 9.62. The molecule has 4 nitrogen and oxygen atoms in total. The summed E-state index contributed by atoms with van der Waals surface area (Å²) in [6.45, 7) is 0. The van der Waals surface area contributed by atoms with Crippen LogP contribution in [0.4, 0.5) is 23.2 Å². The molecule has 1 heterocycles. The van der Waals surface area contributed by atoms with Gasteiger partial charge in [0.1, 0.15) is 0 Å². The molecule has 0 aliphatic heterocycles. The highest BCUT2D eigenvalue weighted by Gasteiger charge is 2.22. The lowest BCUT2D eigenvalue weighted by molar-refractivity contribution is 0.102. The zero-order chi connectivity index (χ0) is 14.9. The molecule has 0 spiro atoms. The number of nitrogens with zero attached hydrogens (tertiary/aromatic N) is 1. The van der Waals surface area contributed by atoms with E-state index in [0.717, 1.165) is 18.3 Å². The molecule has 2 aromatic rings. The number of pyridine rings is 1. The number of aromatic hydroxyl groups is 1. The summed E-state index contributed by atoms with van der Waals surface area (Å²) < 4.78 is 51.9. The van der Waals surface area contributed by atoms with Crippen LogP contribution in [0.3, 0.4) is 0 Å². The normalized spacial score (nSPS) is 10.4. The first-order chi connectivity index (χ1) is 9.40. The van der Waals surface area contributed by atoms with E-state index < -0.39 is 40.6 Å². The van der Waals surface area contributed by atoms with Gasteiger partial charge in [-0.3, -0.25) is 4.79 Å². The minimum Gasteiger partial charge on any atom is -0.503 e. The topological polar surface area (TPSA) is 62.2 Å². The van der Waals surface area contributed by atoms with E-state index in [4.69, 9.17) is 5.11 Å².